The highest BCUT2D eigenvalue weighted by Crippen LogP contribution is 2.57. The molecule has 1 aliphatic rings. The first kappa shape index (κ1) is 13.2. The van der Waals surface area contributed by atoms with E-state index in [4.69, 9.17) is 10.5 Å². The van der Waals surface area contributed by atoms with Crippen LogP contribution in [0.4, 0.5) is 13.2 Å². The topological polar surface area (TPSA) is 35.2 Å². The number of para-hydroxylation sites is 1. The van der Waals surface area contributed by atoms with E-state index in [0.717, 1.165) is 5.56 Å². The van der Waals surface area contributed by atoms with Gasteiger partial charge in [-0.25, -0.2) is 0 Å². The monoisotopic (exact) mass is 259 g/mol. The lowest BCUT2D eigenvalue weighted by molar-refractivity contribution is -0.194. The minimum atomic E-state index is -4.17. The average Bonchev–Trinajstić information content (AvgIpc) is 3.09. The summed E-state index contributed by atoms with van der Waals surface area (Å²) in [6.07, 6.45) is -3.24. The van der Waals surface area contributed by atoms with Gasteiger partial charge in [0.2, 0.25) is 0 Å². The van der Waals surface area contributed by atoms with Gasteiger partial charge in [-0.2, -0.15) is 13.2 Å². The van der Waals surface area contributed by atoms with Crippen molar-refractivity contribution in [3.05, 3.63) is 29.8 Å². The van der Waals surface area contributed by atoms with Gasteiger partial charge in [-0.15, -0.1) is 0 Å². The predicted molar refractivity (Wildman–Crippen MR) is 62.4 cm³/mol. The standard InChI is InChI=1S/C13H16F3NO/c14-13(15,16)12(6-7-12)9-18-11-4-2-1-3-10(11)5-8-17/h1-4H,5-9,17H2. The molecule has 2 nitrogen and oxygen atoms in total. The predicted octanol–water partition coefficient (Wildman–Crippen LogP) is 2.91. The summed E-state index contributed by atoms with van der Waals surface area (Å²) in [7, 11) is 0. The van der Waals surface area contributed by atoms with Crippen molar-refractivity contribution in [2.24, 2.45) is 11.1 Å². The van der Waals surface area contributed by atoms with Crippen molar-refractivity contribution >= 4 is 0 Å². The van der Waals surface area contributed by atoms with Crippen LogP contribution in [0, 0.1) is 5.41 Å². The summed E-state index contributed by atoms with van der Waals surface area (Å²) >= 11 is 0. The van der Waals surface area contributed by atoms with E-state index >= 15 is 0 Å². The molecule has 0 amide bonds. The van der Waals surface area contributed by atoms with Crippen molar-refractivity contribution in [1.82, 2.24) is 0 Å². The van der Waals surface area contributed by atoms with Crippen LogP contribution in [0.3, 0.4) is 0 Å². The molecule has 5 heteroatoms. The van der Waals surface area contributed by atoms with E-state index in [-0.39, 0.29) is 19.4 Å². The first-order valence-corrected chi connectivity index (χ1v) is 5.96. The maximum Gasteiger partial charge on any atom is 0.397 e. The Labute approximate surface area is 104 Å². The Balaban J connectivity index is 2.03. The highest BCUT2D eigenvalue weighted by atomic mass is 19.4. The molecule has 100 valence electrons. The highest BCUT2D eigenvalue weighted by molar-refractivity contribution is 5.33. The Morgan fingerprint density at radius 1 is 1.22 bits per heavy atom. The molecule has 18 heavy (non-hydrogen) atoms. The number of alkyl halides is 3. The number of halogens is 3. The Bertz CT molecular complexity index is 413. The fourth-order valence-electron chi connectivity index (χ4n) is 1.88. The Morgan fingerprint density at radius 2 is 1.89 bits per heavy atom. The van der Waals surface area contributed by atoms with Crippen LogP contribution in [-0.2, 0) is 6.42 Å². The molecule has 0 saturated heterocycles. The van der Waals surface area contributed by atoms with Crippen molar-refractivity contribution in [1.29, 1.82) is 0 Å². The van der Waals surface area contributed by atoms with E-state index in [2.05, 4.69) is 0 Å². The molecular formula is C13H16F3NO. The minimum absolute atomic E-state index is 0.162. The maximum atomic E-state index is 12.7. The van der Waals surface area contributed by atoms with Crippen LogP contribution in [0.15, 0.2) is 24.3 Å². The molecule has 0 atom stereocenters. The van der Waals surface area contributed by atoms with Gasteiger partial charge in [0.05, 0.1) is 0 Å². The summed E-state index contributed by atoms with van der Waals surface area (Å²) in [4.78, 5) is 0. The second kappa shape index (κ2) is 4.80. The summed E-state index contributed by atoms with van der Waals surface area (Å²) in [6.45, 7) is 0.156. The van der Waals surface area contributed by atoms with Crippen molar-refractivity contribution in [2.75, 3.05) is 13.2 Å². The third-order valence-electron chi connectivity index (χ3n) is 3.35. The Morgan fingerprint density at radius 3 is 2.44 bits per heavy atom. The maximum absolute atomic E-state index is 12.7. The number of benzene rings is 1. The van der Waals surface area contributed by atoms with Crippen LogP contribution >= 0.6 is 0 Å². The number of hydrogen-bond donors (Lipinski definition) is 1. The van der Waals surface area contributed by atoms with E-state index in [1.807, 2.05) is 12.1 Å². The van der Waals surface area contributed by atoms with Crippen LogP contribution < -0.4 is 10.5 Å². The number of nitrogens with two attached hydrogens (primary N) is 1. The minimum Gasteiger partial charge on any atom is -0.492 e. The van der Waals surface area contributed by atoms with Gasteiger partial charge in [0.25, 0.3) is 0 Å². The van der Waals surface area contributed by atoms with E-state index in [0.29, 0.717) is 18.7 Å². The van der Waals surface area contributed by atoms with Gasteiger partial charge in [-0.3, -0.25) is 0 Å². The third kappa shape index (κ3) is 2.61. The van der Waals surface area contributed by atoms with Crippen molar-refractivity contribution in [3.63, 3.8) is 0 Å². The number of rotatable bonds is 5. The molecule has 1 aromatic carbocycles. The van der Waals surface area contributed by atoms with Gasteiger partial charge in [-0.05, 0) is 37.4 Å². The largest absolute Gasteiger partial charge is 0.492 e. The molecule has 0 radical (unpaired) electrons. The number of ether oxygens (including phenoxy) is 1. The quantitative estimate of drug-likeness (QED) is 0.882. The summed E-state index contributed by atoms with van der Waals surface area (Å²) in [5.41, 5.74) is 4.69. The fourth-order valence-corrected chi connectivity index (χ4v) is 1.88. The molecule has 2 N–H and O–H groups in total. The molecule has 1 aromatic rings. The molecule has 0 aromatic heterocycles. The lowest BCUT2D eigenvalue weighted by atomic mass is 10.1. The summed E-state index contributed by atoms with van der Waals surface area (Å²) in [5, 5.41) is 0. The van der Waals surface area contributed by atoms with Gasteiger partial charge in [0.15, 0.2) is 0 Å². The zero-order valence-corrected chi connectivity index (χ0v) is 9.96. The van der Waals surface area contributed by atoms with E-state index < -0.39 is 11.6 Å². The normalized spacial score (nSPS) is 17.6. The van der Waals surface area contributed by atoms with E-state index in [9.17, 15) is 13.2 Å². The summed E-state index contributed by atoms with van der Waals surface area (Å²) in [5.74, 6) is 0.512. The van der Waals surface area contributed by atoms with Crippen molar-refractivity contribution in [2.45, 2.75) is 25.4 Å². The smallest absolute Gasteiger partial charge is 0.397 e. The first-order chi connectivity index (χ1) is 8.48. The van der Waals surface area contributed by atoms with Crippen LogP contribution in [0.25, 0.3) is 0 Å². The molecule has 0 bridgehead atoms. The molecule has 1 aliphatic carbocycles. The summed E-state index contributed by atoms with van der Waals surface area (Å²) < 4.78 is 43.6. The fraction of sp³-hybridized carbons (Fsp3) is 0.538. The van der Waals surface area contributed by atoms with Crippen LogP contribution in [-0.4, -0.2) is 19.3 Å². The van der Waals surface area contributed by atoms with Gasteiger partial charge in [-0.1, -0.05) is 18.2 Å². The average molecular weight is 259 g/mol. The van der Waals surface area contributed by atoms with Crippen molar-refractivity contribution < 1.29 is 17.9 Å². The molecular weight excluding hydrogens is 243 g/mol. The van der Waals surface area contributed by atoms with E-state index in [1.54, 1.807) is 12.1 Å². The zero-order valence-electron chi connectivity index (χ0n) is 9.96. The number of hydrogen-bond acceptors (Lipinski definition) is 2. The lowest BCUT2D eigenvalue weighted by Gasteiger charge is -2.20. The van der Waals surface area contributed by atoms with Gasteiger partial charge < -0.3 is 10.5 Å². The zero-order chi connectivity index (χ0) is 13.2. The highest BCUT2D eigenvalue weighted by Gasteiger charge is 2.63. The molecule has 2 rings (SSSR count). The van der Waals surface area contributed by atoms with E-state index in [1.165, 1.54) is 0 Å². The van der Waals surface area contributed by atoms with Crippen LogP contribution in [0.2, 0.25) is 0 Å². The van der Waals surface area contributed by atoms with Crippen LogP contribution in [0.1, 0.15) is 18.4 Å². The second-order valence-corrected chi connectivity index (χ2v) is 4.71. The van der Waals surface area contributed by atoms with Gasteiger partial charge in [0, 0.05) is 0 Å². The third-order valence-corrected chi connectivity index (χ3v) is 3.35. The van der Waals surface area contributed by atoms with Crippen molar-refractivity contribution in [3.8, 4) is 5.75 Å². The first-order valence-electron chi connectivity index (χ1n) is 5.96. The van der Waals surface area contributed by atoms with Crippen LogP contribution in [0.5, 0.6) is 5.75 Å². The second-order valence-electron chi connectivity index (χ2n) is 4.71. The SMILES string of the molecule is NCCc1ccccc1OCC1(C(F)(F)F)CC1. The molecule has 1 saturated carbocycles. The van der Waals surface area contributed by atoms with Gasteiger partial charge in [0.1, 0.15) is 17.8 Å². The Hall–Kier alpha value is -1.23. The molecule has 0 unspecified atom stereocenters. The molecule has 0 heterocycles. The molecule has 0 aliphatic heterocycles. The van der Waals surface area contributed by atoms with Gasteiger partial charge >= 0.3 is 6.18 Å². The lowest BCUT2D eigenvalue weighted by Crippen LogP contribution is -2.30. The molecule has 1 fully saturated rings. The molecule has 0 spiro atoms. The Kier molecular flexibility index (Phi) is 3.52. The summed E-state index contributed by atoms with van der Waals surface area (Å²) in [6, 6.07) is 7.10.